The molecular weight excluding hydrogens is 440 g/mol. The van der Waals surface area contributed by atoms with Gasteiger partial charge in [-0.1, -0.05) is 28.1 Å². The number of hydrogen-bond donors (Lipinski definition) is 2. The first kappa shape index (κ1) is 18.5. The quantitative estimate of drug-likeness (QED) is 0.527. The average Bonchev–Trinajstić information content (AvgIpc) is 2.52. The van der Waals surface area contributed by atoms with E-state index in [4.69, 9.17) is 4.74 Å². The van der Waals surface area contributed by atoms with Crippen LogP contribution in [-0.2, 0) is 4.79 Å². The second-order valence-corrected chi connectivity index (χ2v) is 6.95. The molecular formula is C17H16Br2N2O3. The van der Waals surface area contributed by atoms with E-state index in [1.807, 2.05) is 32.0 Å². The summed E-state index contributed by atoms with van der Waals surface area (Å²) in [7, 11) is 0. The lowest BCUT2D eigenvalue weighted by atomic mass is 10.1. The summed E-state index contributed by atoms with van der Waals surface area (Å²) in [6.45, 7) is 3.73. The first-order chi connectivity index (χ1) is 11.4. The Labute approximate surface area is 157 Å². The van der Waals surface area contributed by atoms with Gasteiger partial charge in [0.2, 0.25) is 0 Å². The van der Waals surface area contributed by atoms with E-state index in [2.05, 4.69) is 42.4 Å². The van der Waals surface area contributed by atoms with Crippen molar-refractivity contribution in [3.8, 4) is 11.5 Å². The minimum absolute atomic E-state index is 0.0443. The van der Waals surface area contributed by atoms with Crippen LogP contribution in [0.3, 0.4) is 0 Å². The highest BCUT2D eigenvalue weighted by molar-refractivity contribution is 9.11. The topological polar surface area (TPSA) is 70.9 Å². The van der Waals surface area contributed by atoms with E-state index in [-0.39, 0.29) is 18.3 Å². The Hall–Kier alpha value is -1.86. The molecule has 0 saturated carbocycles. The lowest BCUT2D eigenvalue weighted by Gasteiger charge is -2.09. The fourth-order valence-corrected chi connectivity index (χ4v) is 3.15. The van der Waals surface area contributed by atoms with Crippen molar-refractivity contribution in [1.29, 1.82) is 0 Å². The zero-order valence-corrected chi connectivity index (χ0v) is 16.3. The number of phenolic OH excluding ortho intramolecular Hbond substituents is 1. The highest BCUT2D eigenvalue weighted by Gasteiger charge is 2.07. The first-order valence-electron chi connectivity index (χ1n) is 7.07. The predicted octanol–water partition coefficient (Wildman–Crippen LogP) is 4.06. The summed E-state index contributed by atoms with van der Waals surface area (Å²) in [6, 6.07) is 9.19. The molecule has 0 unspecified atom stereocenters. The number of rotatable bonds is 5. The number of halogens is 2. The minimum atomic E-state index is -0.388. The van der Waals surface area contributed by atoms with E-state index < -0.39 is 0 Å². The number of aryl methyl sites for hydroxylation is 2. The van der Waals surface area contributed by atoms with Gasteiger partial charge in [-0.15, -0.1) is 0 Å². The molecule has 0 spiro atoms. The lowest BCUT2D eigenvalue weighted by molar-refractivity contribution is -0.123. The van der Waals surface area contributed by atoms with Crippen molar-refractivity contribution in [2.75, 3.05) is 6.61 Å². The molecule has 2 aromatic carbocycles. The summed E-state index contributed by atoms with van der Waals surface area (Å²) < 4.78 is 6.80. The molecule has 0 fully saturated rings. The van der Waals surface area contributed by atoms with Gasteiger partial charge in [0.15, 0.2) is 6.61 Å². The van der Waals surface area contributed by atoms with Gasteiger partial charge in [0.25, 0.3) is 5.91 Å². The van der Waals surface area contributed by atoms with Crippen LogP contribution in [0.15, 0.2) is 44.4 Å². The van der Waals surface area contributed by atoms with Gasteiger partial charge in [0.1, 0.15) is 11.5 Å². The van der Waals surface area contributed by atoms with Gasteiger partial charge in [-0.2, -0.15) is 5.10 Å². The maximum absolute atomic E-state index is 11.8. The van der Waals surface area contributed by atoms with E-state index in [0.717, 1.165) is 15.6 Å². The number of phenols is 1. The van der Waals surface area contributed by atoms with Gasteiger partial charge >= 0.3 is 0 Å². The summed E-state index contributed by atoms with van der Waals surface area (Å²) in [5, 5.41) is 13.7. The lowest BCUT2D eigenvalue weighted by Crippen LogP contribution is -2.24. The van der Waals surface area contributed by atoms with Crippen LogP contribution in [0.1, 0.15) is 16.7 Å². The summed E-state index contributed by atoms with van der Waals surface area (Å²) in [6.07, 6.45) is 1.36. The number of carbonyl (C=O) groups excluding carboxylic acids is 1. The van der Waals surface area contributed by atoms with E-state index in [9.17, 15) is 9.90 Å². The molecule has 0 aliphatic rings. The Morgan fingerprint density at radius 2 is 2.04 bits per heavy atom. The van der Waals surface area contributed by atoms with E-state index >= 15 is 0 Å². The fourth-order valence-electron chi connectivity index (χ4n) is 1.90. The fraction of sp³-hybridized carbons (Fsp3) is 0.176. The average molecular weight is 456 g/mol. The Morgan fingerprint density at radius 1 is 1.29 bits per heavy atom. The third-order valence-corrected chi connectivity index (χ3v) is 4.22. The van der Waals surface area contributed by atoms with Crippen LogP contribution in [0.4, 0.5) is 0 Å². The number of hydrogen-bond acceptors (Lipinski definition) is 4. The third kappa shape index (κ3) is 5.07. The number of nitrogens with zero attached hydrogens (tertiary/aromatic N) is 1. The maximum atomic E-state index is 11.8. The van der Waals surface area contributed by atoms with Gasteiger partial charge < -0.3 is 9.84 Å². The van der Waals surface area contributed by atoms with Crippen LogP contribution in [-0.4, -0.2) is 23.8 Å². The van der Waals surface area contributed by atoms with Crippen LogP contribution in [0.2, 0.25) is 0 Å². The van der Waals surface area contributed by atoms with E-state index in [0.29, 0.717) is 15.8 Å². The van der Waals surface area contributed by atoms with E-state index in [1.54, 1.807) is 12.1 Å². The summed E-state index contributed by atoms with van der Waals surface area (Å²) in [4.78, 5) is 11.8. The molecule has 0 radical (unpaired) electrons. The molecule has 0 heterocycles. The van der Waals surface area contributed by atoms with Crippen molar-refractivity contribution in [1.82, 2.24) is 5.43 Å². The van der Waals surface area contributed by atoms with Crippen molar-refractivity contribution in [2.24, 2.45) is 5.10 Å². The number of amides is 1. The molecule has 0 bridgehead atoms. The second kappa shape index (κ2) is 8.30. The summed E-state index contributed by atoms with van der Waals surface area (Å²) >= 11 is 6.55. The molecule has 126 valence electrons. The van der Waals surface area contributed by atoms with Crippen molar-refractivity contribution >= 4 is 44.0 Å². The first-order valence-corrected chi connectivity index (χ1v) is 8.65. The number of hydrazone groups is 1. The summed E-state index contributed by atoms with van der Waals surface area (Å²) in [5.41, 5.74) is 4.85. The van der Waals surface area contributed by atoms with Gasteiger partial charge in [0.05, 0.1) is 10.7 Å². The Kier molecular flexibility index (Phi) is 6.39. The molecule has 2 N–H and O–H groups in total. The molecule has 24 heavy (non-hydrogen) atoms. The van der Waals surface area contributed by atoms with Crippen LogP contribution in [0, 0.1) is 13.8 Å². The van der Waals surface area contributed by atoms with E-state index in [1.165, 1.54) is 6.21 Å². The summed E-state index contributed by atoms with van der Waals surface area (Å²) in [5.74, 6) is 0.325. The van der Waals surface area contributed by atoms with Gasteiger partial charge in [-0.25, -0.2) is 5.43 Å². The monoisotopic (exact) mass is 454 g/mol. The molecule has 0 saturated heterocycles. The molecule has 0 aromatic heterocycles. The zero-order valence-electron chi connectivity index (χ0n) is 13.1. The number of ether oxygens (including phenoxy) is 1. The molecule has 2 rings (SSSR count). The molecule has 0 atom stereocenters. The molecule has 0 aliphatic carbocycles. The Balaban J connectivity index is 1.93. The highest BCUT2D eigenvalue weighted by atomic mass is 79.9. The molecule has 7 heteroatoms. The van der Waals surface area contributed by atoms with Crippen LogP contribution in [0.25, 0.3) is 0 Å². The third-order valence-electron chi connectivity index (χ3n) is 3.15. The van der Waals surface area contributed by atoms with Gasteiger partial charge in [-0.05, 0) is 59.1 Å². The predicted molar refractivity (Wildman–Crippen MR) is 101 cm³/mol. The highest BCUT2D eigenvalue weighted by Crippen LogP contribution is 2.30. The van der Waals surface area contributed by atoms with Crippen molar-refractivity contribution in [3.63, 3.8) is 0 Å². The van der Waals surface area contributed by atoms with Crippen LogP contribution < -0.4 is 10.2 Å². The standard InChI is InChI=1S/C17H16Br2N2O3/c1-10-3-4-11(2)15(5-10)24-9-16(22)21-20-8-12-6-13(18)7-14(19)17(12)23/h3-8,23H,9H2,1-2H3,(H,21,22)/b20-8-. The van der Waals surface area contributed by atoms with Crippen LogP contribution >= 0.6 is 31.9 Å². The molecule has 0 aliphatic heterocycles. The van der Waals surface area contributed by atoms with Gasteiger partial charge in [-0.3, -0.25) is 4.79 Å². The molecule has 2 aromatic rings. The Morgan fingerprint density at radius 3 is 2.79 bits per heavy atom. The van der Waals surface area contributed by atoms with Crippen molar-refractivity contribution in [3.05, 3.63) is 56.0 Å². The number of benzene rings is 2. The van der Waals surface area contributed by atoms with Crippen molar-refractivity contribution < 1.29 is 14.6 Å². The Bertz CT molecular complexity index is 792. The second-order valence-electron chi connectivity index (χ2n) is 5.18. The molecule has 1 amide bonds. The largest absolute Gasteiger partial charge is 0.506 e. The number of aromatic hydroxyl groups is 1. The van der Waals surface area contributed by atoms with Crippen molar-refractivity contribution in [2.45, 2.75) is 13.8 Å². The SMILES string of the molecule is Cc1ccc(C)c(OCC(=O)N/N=C\c2cc(Br)cc(Br)c2O)c1. The van der Waals surface area contributed by atoms with Gasteiger partial charge in [0, 0.05) is 10.0 Å². The maximum Gasteiger partial charge on any atom is 0.277 e. The number of nitrogens with one attached hydrogen (secondary N) is 1. The van der Waals surface area contributed by atoms with Crippen LogP contribution in [0.5, 0.6) is 11.5 Å². The normalized spacial score (nSPS) is 10.8. The smallest absolute Gasteiger partial charge is 0.277 e. The molecule has 5 nitrogen and oxygen atoms in total. The number of carbonyl (C=O) groups is 1. The minimum Gasteiger partial charge on any atom is -0.506 e. The zero-order chi connectivity index (χ0) is 17.7.